The van der Waals surface area contributed by atoms with Gasteiger partial charge in [-0.25, -0.2) is 18.6 Å². The molecule has 0 saturated carbocycles. The Balaban J connectivity index is 2.66. The molecule has 0 saturated heterocycles. The zero-order valence-electron chi connectivity index (χ0n) is 7.67. The van der Waals surface area contributed by atoms with Crippen LogP contribution < -0.4 is 0 Å². The molecule has 0 spiro atoms. The summed E-state index contributed by atoms with van der Waals surface area (Å²) in [6, 6.07) is 2.25. The number of ether oxygens (including phenoxy) is 1. The molecule has 1 heterocycles. The Morgan fingerprint density at radius 2 is 2.20 bits per heavy atom. The summed E-state index contributed by atoms with van der Waals surface area (Å²) >= 11 is 0. The van der Waals surface area contributed by atoms with E-state index in [1.54, 1.807) is 0 Å². The van der Waals surface area contributed by atoms with Gasteiger partial charge >= 0.3 is 5.97 Å². The van der Waals surface area contributed by atoms with Crippen molar-refractivity contribution in [1.29, 1.82) is 0 Å². The average Bonchev–Trinajstić information content (AvgIpc) is 2.67. The first-order chi connectivity index (χ1) is 7.13. The van der Waals surface area contributed by atoms with Crippen molar-refractivity contribution >= 4 is 17.0 Å². The van der Waals surface area contributed by atoms with Gasteiger partial charge in [0.2, 0.25) is 5.82 Å². The second kappa shape index (κ2) is 3.30. The van der Waals surface area contributed by atoms with Crippen LogP contribution in [0.2, 0.25) is 0 Å². The lowest BCUT2D eigenvalue weighted by atomic mass is 10.3. The number of carbonyl (C=O) groups is 1. The molecule has 15 heavy (non-hydrogen) atoms. The number of carbonyl (C=O) groups excluding carboxylic acids is 1. The van der Waals surface area contributed by atoms with Gasteiger partial charge in [-0.1, -0.05) is 0 Å². The third-order valence-electron chi connectivity index (χ3n) is 1.92. The number of hydrogen-bond donors (Lipinski definition) is 1. The molecular formula is C9H6F2N2O2. The quantitative estimate of drug-likeness (QED) is 0.731. The highest BCUT2D eigenvalue weighted by molar-refractivity contribution is 5.90. The topological polar surface area (TPSA) is 55.0 Å². The van der Waals surface area contributed by atoms with E-state index in [0.717, 1.165) is 6.07 Å². The molecule has 0 unspecified atom stereocenters. The van der Waals surface area contributed by atoms with Gasteiger partial charge in [0.1, 0.15) is 5.52 Å². The second-order valence-electron chi connectivity index (χ2n) is 2.83. The zero-order chi connectivity index (χ0) is 11.0. The smallest absolute Gasteiger partial charge is 0.374 e. The van der Waals surface area contributed by atoms with Crippen molar-refractivity contribution in [3.05, 3.63) is 29.6 Å². The molecule has 1 aromatic carbocycles. The minimum Gasteiger partial charge on any atom is -0.463 e. The van der Waals surface area contributed by atoms with Gasteiger partial charge in [-0.05, 0) is 12.1 Å². The Kier molecular flexibility index (Phi) is 2.11. The van der Waals surface area contributed by atoms with Crippen molar-refractivity contribution in [2.24, 2.45) is 0 Å². The number of imidazole rings is 1. The summed E-state index contributed by atoms with van der Waals surface area (Å²) in [7, 11) is 1.17. The first-order valence-corrected chi connectivity index (χ1v) is 4.05. The fourth-order valence-electron chi connectivity index (χ4n) is 1.21. The minimum absolute atomic E-state index is 0.156. The third-order valence-corrected chi connectivity index (χ3v) is 1.92. The first-order valence-electron chi connectivity index (χ1n) is 4.05. The number of hydrogen-bond acceptors (Lipinski definition) is 3. The van der Waals surface area contributed by atoms with E-state index in [1.165, 1.54) is 13.2 Å². The van der Waals surface area contributed by atoms with E-state index in [4.69, 9.17) is 0 Å². The van der Waals surface area contributed by atoms with E-state index < -0.39 is 17.6 Å². The number of aromatic nitrogens is 2. The lowest BCUT2D eigenvalue weighted by Crippen LogP contribution is -2.02. The molecule has 0 aliphatic rings. The monoisotopic (exact) mass is 212 g/mol. The van der Waals surface area contributed by atoms with E-state index >= 15 is 0 Å². The molecule has 0 fully saturated rings. The van der Waals surface area contributed by atoms with E-state index in [-0.39, 0.29) is 16.9 Å². The van der Waals surface area contributed by atoms with Gasteiger partial charge < -0.3 is 9.72 Å². The van der Waals surface area contributed by atoms with Crippen molar-refractivity contribution < 1.29 is 18.3 Å². The van der Waals surface area contributed by atoms with Crippen molar-refractivity contribution in [2.75, 3.05) is 7.11 Å². The minimum atomic E-state index is -1.08. The van der Waals surface area contributed by atoms with Crippen molar-refractivity contribution in [3.63, 3.8) is 0 Å². The summed E-state index contributed by atoms with van der Waals surface area (Å²) in [5.41, 5.74) is 0.0321. The third kappa shape index (κ3) is 1.43. The number of fused-ring (bicyclic) bond motifs is 1. The maximum atomic E-state index is 13.2. The van der Waals surface area contributed by atoms with Crippen LogP contribution in [0.1, 0.15) is 10.6 Å². The van der Waals surface area contributed by atoms with Gasteiger partial charge in [-0.2, -0.15) is 0 Å². The number of nitrogens with zero attached hydrogens (tertiary/aromatic N) is 1. The summed E-state index contributed by atoms with van der Waals surface area (Å²) in [5.74, 6) is -2.98. The molecule has 0 bridgehead atoms. The molecule has 6 heteroatoms. The van der Waals surface area contributed by atoms with Gasteiger partial charge in [0.15, 0.2) is 11.6 Å². The molecule has 0 aliphatic carbocycles. The predicted molar refractivity (Wildman–Crippen MR) is 47.3 cm³/mol. The highest BCUT2D eigenvalue weighted by atomic mass is 19.2. The molecule has 4 nitrogen and oxygen atoms in total. The molecule has 1 N–H and O–H groups in total. The highest BCUT2D eigenvalue weighted by Crippen LogP contribution is 2.18. The lowest BCUT2D eigenvalue weighted by Gasteiger charge is -1.91. The Hall–Kier alpha value is -1.98. The van der Waals surface area contributed by atoms with Crippen LogP contribution in [0.5, 0.6) is 0 Å². The van der Waals surface area contributed by atoms with Crippen molar-refractivity contribution in [2.45, 2.75) is 0 Å². The van der Waals surface area contributed by atoms with Crippen molar-refractivity contribution in [3.8, 4) is 0 Å². The van der Waals surface area contributed by atoms with Gasteiger partial charge in [-0.15, -0.1) is 0 Å². The standard InChI is InChI=1S/C9H6F2N2O2/c1-15-9(14)8-12-5-3-2-4(10)6(11)7(5)13-8/h2-3H,1H3,(H,12,13). The number of nitrogens with one attached hydrogen (secondary N) is 1. The van der Waals surface area contributed by atoms with Crippen molar-refractivity contribution in [1.82, 2.24) is 9.97 Å². The lowest BCUT2D eigenvalue weighted by molar-refractivity contribution is 0.0588. The van der Waals surface area contributed by atoms with Crippen LogP contribution in [-0.4, -0.2) is 23.0 Å². The highest BCUT2D eigenvalue weighted by Gasteiger charge is 2.15. The number of benzene rings is 1. The molecule has 2 aromatic rings. The molecular weight excluding hydrogens is 206 g/mol. The maximum Gasteiger partial charge on any atom is 0.374 e. The molecule has 78 valence electrons. The fourth-order valence-corrected chi connectivity index (χ4v) is 1.21. The summed E-state index contributed by atoms with van der Waals surface area (Å²) < 4.78 is 30.4. The Morgan fingerprint density at radius 1 is 1.47 bits per heavy atom. The number of aromatic amines is 1. The second-order valence-corrected chi connectivity index (χ2v) is 2.83. The molecule has 0 radical (unpaired) electrons. The number of methoxy groups -OCH3 is 1. The maximum absolute atomic E-state index is 13.2. The number of esters is 1. The van der Waals surface area contributed by atoms with E-state index in [0.29, 0.717) is 0 Å². The Bertz CT molecular complexity index is 536. The molecule has 0 aliphatic heterocycles. The van der Waals surface area contributed by atoms with E-state index in [9.17, 15) is 13.6 Å². The molecule has 0 amide bonds. The van der Waals surface area contributed by atoms with Gasteiger partial charge in [-0.3, -0.25) is 0 Å². The largest absolute Gasteiger partial charge is 0.463 e. The zero-order valence-corrected chi connectivity index (χ0v) is 7.67. The first kappa shape index (κ1) is 9.57. The molecule has 2 rings (SSSR count). The number of halogens is 2. The summed E-state index contributed by atoms with van der Waals surface area (Å²) in [4.78, 5) is 17.2. The predicted octanol–water partition coefficient (Wildman–Crippen LogP) is 1.63. The molecule has 1 aromatic heterocycles. The average molecular weight is 212 g/mol. The van der Waals surface area contributed by atoms with Crippen LogP contribution in [0.15, 0.2) is 12.1 Å². The van der Waals surface area contributed by atoms with Gasteiger partial charge in [0.25, 0.3) is 0 Å². The summed E-state index contributed by atoms with van der Waals surface area (Å²) in [6.07, 6.45) is 0. The van der Waals surface area contributed by atoms with Gasteiger partial charge in [0.05, 0.1) is 12.6 Å². The Labute approximate surface area is 82.9 Å². The van der Waals surface area contributed by atoms with Crippen LogP contribution in [0, 0.1) is 11.6 Å². The van der Waals surface area contributed by atoms with E-state index in [1.807, 2.05) is 0 Å². The van der Waals surface area contributed by atoms with Crippen LogP contribution in [-0.2, 0) is 4.74 Å². The number of H-pyrrole nitrogens is 1. The summed E-state index contributed by atoms with van der Waals surface area (Å²) in [6.45, 7) is 0. The molecule has 0 atom stereocenters. The normalized spacial score (nSPS) is 10.6. The van der Waals surface area contributed by atoms with Crippen LogP contribution >= 0.6 is 0 Å². The summed E-state index contributed by atoms with van der Waals surface area (Å²) in [5, 5.41) is 0. The SMILES string of the molecule is COC(=O)c1nc2c(F)c(F)ccc2[nH]1. The van der Waals surface area contributed by atoms with Crippen LogP contribution in [0.4, 0.5) is 8.78 Å². The van der Waals surface area contributed by atoms with Crippen LogP contribution in [0.3, 0.4) is 0 Å². The van der Waals surface area contributed by atoms with Gasteiger partial charge in [0, 0.05) is 0 Å². The number of rotatable bonds is 1. The Morgan fingerprint density at radius 3 is 2.87 bits per heavy atom. The van der Waals surface area contributed by atoms with Crippen LogP contribution in [0.25, 0.3) is 11.0 Å². The fraction of sp³-hybridized carbons (Fsp3) is 0.111. The van der Waals surface area contributed by atoms with E-state index in [2.05, 4.69) is 14.7 Å².